The first-order chi connectivity index (χ1) is 17.0. The van der Waals surface area contributed by atoms with Crippen molar-refractivity contribution in [3.05, 3.63) is 94.1 Å². The zero-order valence-electron chi connectivity index (χ0n) is 18.0. The number of hydrogen-bond acceptors (Lipinski definition) is 5. The standard InChI is InChI=1S/C26H16Cl2N4O3/c27-15-10-16(28)12-17(11-15)30-26(34)20(13-29)25(33)23-21-14-35-22-9-5-4-8-19(22)24(21)32(31-23)18-6-2-1-3-7-18/h1-12,20H,14H2,(H,30,34). The highest BCUT2D eigenvalue weighted by Gasteiger charge is 2.36. The van der Waals surface area contributed by atoms with Gasteiger partial charge in [-0.3, -0.25) is 9.59 Å². The van der Waals surface area contributed by atoms with Gasteiger partial charge in [0.05, 0.1) is 17.5 Å². The van der Waals surface area contributed by atoms with Gasteiger partial charge >= 0.3 is 0 Å². The van der Waals surface area contributed by atoms with Crippen molar-refractivity contribution in [1.82, 2.24) is 9.78 Å². The van der Waals surface area contributed by atoms with Crippen LogP contribution in [0.3, 0.4) is 0 Å². The van der Waals surface area contributed by atoms with E-state index in [2.05, 4.69) is 10.4 Å². The maximum absolute atomic E-state index is 13.5. The maximum atomic E-state index is 13.5. The van der Waals surface area contributed by atoms with Crippen LogP contribution in [-0.4, -0.2) is 21.5 Å². The number of fused-ring (bicyclic) bond motifs is 3. The van der Waals surface area contributed by atoms with Crippen LogP contribution in [-0.2, 0) is 11.4 Å². The van der Waals surface area contributed by atoms with Crippen LogP contribution in [0.25, 0.3) is 16.9 Å². The highest BCUT2D eigenvalue weighted by atomic mass is 35.5. The third-order valence-corrected chi connectivity index (χ3v) is 5.95. The van der Waals surface area contributed by atoms with E-state index < -0.39 is 17.6 Å². The summed E-state index contributed by atoms with van der Waals surface area (Å²) in [5.74, 6) is -2.53. The third-order valence-electron chi connectivity index (χ3n) is 5.52. The number of ether oxygens (including phenoxy) is 1. The van der Waals surface area contributed by atoms with Gasteiger partial charge in [0.15, 0.2) is 5.92 Å². The molecule has 0 saturated heterocycles. The Kier molecular flexibility index (Phi) is 6.00. The van der Waals surface area contributed by atoms with Crippen molar-refractivity contribution < 1.29 is 14.3 Å². The van der Waals surface area contributed by atoms with Gasteiger partial charge in [0.1, 0.15) is 18.1 Å². The molecule has 0 bridgehead atoms. The second-order valence-electron chi connectivity index (χ2n) is 7.78. The molecule has 1 atom stereocenters. The van der Waals surface area contributed by atoms with Crippen LogP contribution < -0.4 is 10.1 Å². The molecular formula is C26H16Cl2N4O3. The number of benzene rings is 3. The minimum Gasteiger partial charge on any atom is -0.488 e. The molecule has 0 saturated carbocycles. The lowest BCUT2D eigenvalue weighted by Crippen LogP contribution is -2.29. The van der Waals surface area contributed by atoms with Crippen LogP contribution in [0.5, 0.6) is 5.75 Å². The average Bonchev–Trinajstić information content (AvgIpc) is 3.24. The fourth-order valence-electron chi connectivity index (χ4n) is 3.97. The van der Waals surface area contributed by atoms with Crippen LogP contribution in [0.1, 0.15) is 16.1 Å². The topological polar surface area (TPSA) is 97.0 Å². The molecule has 4 aromatic rings. The summed E-state index contributed by atoms with van der Waals surface area (Å²) in [7, 11) is 0. The summed E-state index contributed by atoms with van der Waals surface area (Å²) in [6.07, 6.45) is 0. The lowest BCUT2D eigenvalue weighted by Gasteiger charge is -2.19. The van der Waals surface area contributed by atoms with E-state index in [1.807, 2.05) is 54.6 Å². The highest BCUT2D eigenvalue weighted by molar-refractivity contribution is 6.35. The highest BCUT2D eigenvalue weighted by Crippen LogP contribution is 2.40. The number of ketones is 1. The first-order valence-electron chi connectivity index (χ1n) is 10.6. The lowest BCUT2D eigenvalue weighted by atomic mass is 9.96. The van der Waals surface area contributed by atoms with Crippen LogP contribution in [0, 0.1) is 17.2 Å². The first kappa shape index (κ1) is 22.7. The minimum atomic E-state index is -1.65. The monoisotopic (exact) mass is 502 g/mol. The summed E-state index contributed by atoms with van der Waals surface area (Å²) in [5, 5.41) is 17.5. The van der Waals surface area contributed by atoms with Gasteiger partial charge in [0.2, 0.25) is 11.7 Å². The minimum absolute atomic E-state index is 0.00387. The zero-order chi connectivity index (χ0) is 24.5. The van der Waals surface area contributed by atoms with E-state index in [-0.39, 0.29) is 18.0 Å². The van der Waals surface area contributed by atoms with Crippen molar-refractivity contribution in [2.45, 2.75) is 6.61 Å². The second-order valence-corrected chi connectivity index (χ2v) is 8.65. The van der Waals surface area contributed by atoms with E-state index in [4.69, 9.17) is 27.9 Å². The molecule has 172 valence electrons. The smallest absolute Gasteiger partial charge is 0.249 e. The predicted molar refractivity (Wildman–Crippen MR) is 132 cm³/mol. The summed E-state index contributed by atoms with van der Waals surface area (Å²) >= 11 is 12.0. The third kappa shape index (κ3) is 4.26. The number of anilines is 1. The molecule has 2 heterocycles. The van der Waals surface area contributed by atoms with Crippen molar-refractivity contribution in [2.24, 2.45) is 5.92 Å². The summed E-state index contributed by atoms with van der Waals surface area (Å²) < 4.78 is 7.51. The number of nitrogens with zero attached hydrogens (tertiary/aromatic N) is 3. The first-order valence-corrected chi connectivity index (χ1v) is 11.3. The molecule has 0 fully saturated rings. The second kappa shape index (κ2) is 9.26. The number of amides is 1. The van der Waals surface area contributed by atoms with Crippen LogP contribution in [0.4, 0.5) is 5.69 Å². The molecule has 5 rings (SSSR count). The number of carbonyl (C=O) groups excluding carboxylic acids is 2. The fraction of sp³-hybridized carbons (Fsp3) is 0.0769. The summed E-state index contributed by atoms with van der Waals surface area (Å²) in [6.45, 7) is 0.0733. The molecule has 1 N–H and O–H groups in total. The summed E-state index contributed by atoms with van der Waals surface area (Å²) in [6, 6.07) is 23.0. The Balaban J connectivity index is 1.57. The molecule has 7 nitrogen and oxygen atoms in total. The van der Waals surface area contributed by atoms with Crippen molar-refractivity contribution in [3.63, 3.8) is 0 Å². The van der Waals surface area contributed by atoms with E-state index in [0.717, 1.165) is 11.3 Å². The normalized spacial score (nSPS) is 12.5. The Morgan fingerprint density at radius 1 is 1.03 bits per heavy atom. The lowest BCUT2D eigenvalue weighted by molar-refractivity contribution is -0.117. The summed E-state index contributed by atoms with van der Waals surface area (Å²) in [5.41, 5.74) is 2.96. The number of rotatable bonds is 5. The molecular weight excluding hydrogens is 487 g/mol. The molecule has 0 radical (unpaired) electrons. The Bertz CT molecular complexity index is 1490. The van der Waals surface area contributed by atoms with Crippen LogP contribution in [0.15, 0.2) is 72.8 Å². The van der Waals surface area contributed by atoms with Gasteiger partial charge in [0.25, 0.3) is 0 Å². The van der Waals surface area contributed by atoms with Crippen molar-refractivity contribution >= 4 is 40.6 Å². The SMILES string of the molecule is N#CC(C(=O)Nc1cc(Cl)cc(Cl)c1)C(=O)c1nn(-c2ccccc2)c2c1COc1ccccc1-2. The molecule has 35 heavy (non-hydrogen) atoms. The summed E-state index contributed by atoms with van der Waals surface area (Å²) in [4.78, 5) is 26.4. The van der Waals surface area contributed by atoms with Crippen molar-refractivity contribution in [3.8, 4) is 28.8 Å². The Morgan fingerprint density at radius 2 is 1.71 bits per heavy atom. The predicted octanol–water partition coefficient (Wildman–Crippen LogP) is 5.70. The van der Waals surface area contributed by atoms with Crippen molar-refractivity contribution in [2.75, 3.05) is 5.32 Å². The number of nitrogens with one attached hydrogen (secondary N) is 1. The molecule has 0 spiro atoms. The molecule has 1 aliphatic rings. The number of aromatic nitrogens is 2. The Labute approximate surface area is 210 Å². The molecule has 1 aliphatic heterocycles. The van der Waals surface area contributed by atoms with Gasteiger partial charge in [-0.1, -0.05) is 53.5 Å². The number of para-hydroxylation sites is 2. The van der Waals surface area contributed by atoms with Gasteiger partial charge < -0.3 is 10.1 Å². The zero-order valence-corrected chi connectivity index (χ0v) is 19.5. The van der Waals surface area contributed by atoms with E-state index in [9.17, 15) is 14.9 Å². The molecule has 0 aliphatic carbocycles. The van der Waals surface area contributed by atoms with Gasteiger partial charge in [0, 0.05) is 26.9 Å². The quantitative estimate of drug-likeness (QED) is 0.278. The number of halogens is 2. The van der Waals surface area contributed by atoms with Crippen LogP contribution in [0.2, 0.25) is 10.0 Å². The number of nitriles is 1. The molecule has 1 unspecified atom stereocenters. The largest absolute Gasteiger partial charge is 0.488 e. The van der Waals surface area contributed by atoms with Gasteiger partial charge in [-0.2, -0.15) is 10.4 Å². The molecule has 9 heteroatoms. The van der Waals surface area contributed by atoms with Crippen LogP contribution >= 0.6 is 23.2 Å². The Hall–Kier alpha value is -4.12. The maximum Gasteiger partial charge on any atom is 0.249 e. The number of carbonyl (C=O) groups is 2. The molecule has 3 aromatic carbocycles. The van der Waals surface area contributed by atoms with E-state index in [1.54, 1.807) is 10.8 Å². The molecule has 1 aromatic heterocycles. The fourth-order valence-corrected chi connectivity index (χ4v) is 4.50. The van der Waals surface area contributed by atoms with E-state index in [1.165, 1.54) is 18.2 Å². The van der Waals surface area contributed by atoms with Gasteiger partial charge in [-0.25, -0.2) is 4.68 Å². The van der Waals surface area contributed by atoms with Crippen molar-refractivity contribution in [1.29, 1.82) is 5.26 Å². The van der Waals surface area contributed by atoms with E-state index >= 15 is 0 Å². The van der Waals surface area contributed by atoms with Gasteiger partial charge in [-0.15, -0.1) is 0 Å². The molecule has 1 amide bonds. The van der Waals surface area contributed by atoms with Gasteiger partial charge in [-0.05, 0) is 42.5 Å². The Morgan fingerprint density at radius 3 is 2.43 bits per heavy atom. The van der Waals surface area contributed by atoms with E-state index in [0.29, 0.717) is 27.1 Å². The number of Topliss-reactive ketones (excluding diaryl/α,β-unsaturated/α-hetero) is 1. The number of hydrogen-bond donors (Lipinski definition) is 1. The average molecular weight is 503 g/mol.